The Morgan fingerprint density at radius 2 is 1.78 bits per heavy atom. The average molecular weight is 341 g/mol. The number of hydrogen-bond donors (Lipinski definition) is 2. The van der Waals surface area contributed by atoms with Crippen molar-refractivity contribution in [1.29, 1.82) is 0 Å². The van der Waals surface area contributed by atoms with Crippen molar-refractivity contribution in [3.05, 3.63) is 65.7 Å². The maximum atomic E-state index is 13.7. The van der Waals surface area contributed by atoms with Crippen molar-refractivity contribution in [3.8, 4) is 0 Å². The Bertz CT molecular complexity index is 809. The van der Waals surface area contributed by atoms with Gasteiger partial charge in [-0.15, -0.1) is 0 Å². The van der Waals surface area contributed by atoms with Gasteiger partial charge in [0.25, 0.3) is 0 Å². The molecule has 0 spiro atoms. The number of carboxylic acid groups (broad SMARTS) is 1. The van der Waals surface area contributed by atoms with Crippen molar-refractivity contribution < 1.29 is 27.1 Å². The first-order valence-corrected chi connectivity index (χ1v) is 8.02. The molecular formula is C15H13F2NO4S. The fourth-order valence-electron chi connectivity index (χ4n) is 2.02. The van der Waals surface area contributed by atoms with Gasteiger partial charge in [0, 0.05) is 0 Å². The number of carbonyl (C=O) groups is 1. The zero-order valence-electron chi connectivity index (χ0n) is 11.7. The number of rotatable bonds is 6. The standard InChI is InChI=1S/C15H13F2NO4S/c16-11-6-7-12(17)14(8-11)23(21,22)18-13(9-15(19)20)10-4-2-1-3-5-10/h1-8,13,18H,9H2,(H,19,20). The van der Waals surface area contributed by atoms with Crippen LogP contribution in [-0.2, 0) is 14.8 Å². The minimum absolute atomic E-state index is 0.398. The largest absolute Gasteiger partial charge is 0.481 e. The molecule has 23 heavy (non-hydrogen) atoms. The predicted molar refractivity (Wildman–Crippen MR) is 78.1 cm³/mol. The summed E-state index contributed by atoms with van der Waals surface area (Å²) in [6.45, 7) is 0. The Hall–Kier alpha value is -2.32. The predicted octanol–water partition coefficient (Wildman–Crippen LogP) is 2.46. The molecule has 1 unspecified atom stereocenters. The molecule has 2 N–H and O–H groups in total. The van der Waals surface area contributed by atoms with Crippen LogP contribution in [0.5, 0.6) is 0 Å². The number of hydrogen-bond acceptors (Lipinski definition) is 3. The van der Waals surface area contributed by atoms with E-state index in [0.29, 0.717) is 17.7 Å². The molecule has 122 valence electrons. The van der Waals surface area contributed by atoms with Crippen LogP contribution in [0.25, 0.3) is 0 Å². The lowest BCUT2D eigenvalue weighted by Crippen LogP contribution is -2.31. The van der Waals surface area contributed by atoms with Crippen LogP contribution >= 0.6 is 0 Å². The quantitative estimate of drug-likeness (QED) is 0.845. The molecule has 8 heteroatoms. The molecule has 0 saturated heterocycles. The van der Waals surface area contributed by atoms with Crippen molar-refractivity contribution in [2.75, 3.05) is 0 Å². The Morgan fingerprint density at radius 1 is 1.13 bits per heavy atom. The molecule has 0 heterocycles. The van der Waals surface area contributed by atoms with Gasteiger partial charge >= 0.3 is 5.97 Å². The van der Waals surface area contributed by atoms with Gasteiger partial charge in [-0.1, -0.05) is 30.3 Å². The van der Waals surface area contributed by atoms with Crippen molar-refractivity contribution in [2.24, 2.45) is 0 Å². The summed E-state index contributed by atoms with van der Waals surface area (Å²) < 4.78 is 53.5. The highest BCUT2D eigenvalue weighted by atomic mass is 32.2. The van der Waals surface area contributed by atoms with Crippen LogP contribution in [0, 0.1) is 11.6 Å². The van der Waals surface area contributed by atoms with Gasteiger partial charge in [-0.05, 0) is 23.8 Å². The van der Waals surface area contributed by atoms with Gasteiger partial charge in [-0.3, -0.25) is 4.79 Å². The molecule has 0 aliphatic heterocycles. The van der Waals surface area contributed by atoms with E-state index in [0.717, 1.165) is 6.07 Å². The molecule has 5 nitrogen and oxygen atoms in total. The Kier molecular flexibility index (Phi) is 5.07. The van der Waals surface area contributed by atoms with Crippen LogP contribution in [0.15, 0.2) is 53.4 Å². The van der Waals surface area contributed by atoms with Gasteiger partial charge < -0.3 is 5.11 Å². The molecule has 2 rings (SSSR count). The molecule has 0 saturated carbocycles. The SMILES string of the molecule is O=C(O)CC(NS(=O)(=O)c1cc(F)ccc1F)c1ccccc1. The van der Waals surface area contributed by atoms with Crippen LogP contribution < -0.4 is 4.72 Å². The monoisotopic (exact) mass is 341 g/mol. The number of benzene rings is 2. The molecule has 0 aromatic heterocycles. The van der Waals surface area contributed by atoms with E-state index in [1.165, 1.54) is 12.1 Å². The molecule has 0 bridgehead atoms. The van der Waals surface area contributed by atoms with Crippen LogP contribution in [0.4, 0.5) is 8.78 Å². The summed E-state index contributed by atoms with van der Waals surface area (Å²) in [6.07, 6.45) is -0.541. The highest BCUT2D eigenvalue weighted by Gasteiger charge is 2.26. The second kappa shape index (κ2) is 6.84. The maximum absolute atomic E-state index is 13.7. The van der Waals surface area contributed by atoms with E-state index in [9.17, 15) is 22.0 Å². The Labute approximate surface area is 131 Å². The maximum Gasteiger partial charge on any atom is 0.305 e. The second-order valence-corrected chi connectivity index (χ2v) is 6.44. The van der Waals surface area contributed by atoms with Gasteiger partial charge in [-0.25, -0.2) is 21.9 Å². The first-order chi connectivity index (χ1) is 10.8. The molecule has 2 aromatic carbocycles. The molecule has 1 atom stereocenters. The fraction of sp³-hybridized carbons (Fsp3) is 0.133. The number of aliphatic carboxylic acids is 1. The van der Waals surface area contributed by atoms with Gasteiger partial charge in [0.2, 0.25) is 10.0 Å². The summed E-state index contributed by atoms with van der Waals surface area (Å²) in [5, 5.41) is 8.94. The summed E-state index contributed by atoms with van der Waals surface area (Å²) >= 11 is 0. The lowest BCUT2D eigenvalue weighted by Gasteiger charge is -2.17. The van der Waals surface area contributed by atoms with Gasteiger partial charge in [-0.2, -0.15) is 0 Å². The van der Waals surface area contributed by atoms with Crippen LogP contribution in [0.1, 0.15) is 18.0 Å². The summed E-state index contributed by atoms with van der Waals surface area (Å²) in [5.41, 5.74) is 0.398. The van der Waals surface area contributed by atoms with Gasteiger partial charge in [0.1, 0.15) is 16.5 Å². The van der Waals surface area contributed by atoms with Crippen LogP contribution in [-0.4, -0.2) is 19.5 Å². The second-order valence-electron chi connectivity index (χ2n) is 4.76. The average Bonchev–Trinajstić information content (AvgIpc) is 2.49. The fourth-order valence-corrected chi connectivity index (χ4v) is 3.33. The molecule has 0 amide bonds. The number of nitrogens with one attached hydrogen (secondary N) is 1. The number of halogens is 2. The molecular weight excluding hydrogens is 328 g/mol. The minimum atomic E-state index is -4.43. The zero-order chi connectivity index (χ0) is 17.0. The Balaban J connectivity index is 2.38. The highest BCUT2D eigenvalue weighted by molar-refractivity contribution is 7.89. The topological polar surface area (TPSA) is 83.5 Å². The van der Waals surface area contributed by atoms with Crippen molar-refractivity contribution >= 4 is 16.0 Å². The van der Waals surface area contributed by atoms with E-state index < -0.39 is 45.0 Å². The molecule has 0 fully saturated rings. The van der Waals surface area contributed by atoms with Gasteiger partial charge in [0.05, 0.1) is 12.5 Å². The summed E-state index contributed by atoms with van der Waals surface area (Å²) in [7, 11) is -4.43. The molecule has 2 aromatic rings. The lowest BCUT2D eigenvalue weighted by molar-refractivity contribution is -0.137. The first-order valence-electron chi connectivity index (χ1n) is 6.54. The first kappa shape index (κ1) is 17.0. The van der Waals surface area contributed by atoms with E-state index in [1.807, 2.05) is 0 Å². The third-order valence-corrected chi connectivity index (χ3v) is 4.55. The van der Waals surface area contributed by atoms with E-state index >= 15 is 0 Å². The smallest absolute Gasteiger partial charge is 0.305 e. The lowest BCUT2D eigenvalue weighted by atomic mass is 10.1. The van der Waals surface area contributed by atoms with Crippen LogP contribution in [0.3, 0.4) is 0 Å². The highest BCUT2D eigenvalue weighted by Crippen LogP contribution is 2.22. The van der Waals surface area contributed by atoms with E-state index in [2.05, 4.69) is 4.72 Å². The van der Waals surface area contributed by atoms with E-state index in [1.54, 1.807) is 18.2 Å². The van der Waals surface area contributed by atoms with Crippen LogP contribution in [0.2, 0.25) is 0 Å². The number of carboxylic acids is 1. The summed E-state index contributed by atoms with van der Waals surface area (Å²) in [5.74, 6) is -3.27. The van der Waals surface area contributed by atoms with Gasteiger partial charge in [0.15, 0.2) is 0 Å². The van der Waals surface area contributed by atoms with E-state index in [-0.39, 0.29) is 0 Å². The Morgan fingerprint density at radius 3 is 2.39 bits per heavy atom. The molecule has 0 aliphatic rings. The molecule has 0 radical (unpaired) electrons. The third kappa shape index (κ3) is 4.33. The number of sulfonamides is 1. The third-order valence-electron chi connectivity index (χ3n) is 3.06. The zero-order valence-corrected chi connectivity index (χ0v) is 12.6. The normalized spacial score (nSPS) is 12.8. The van der Waals surface area contributed by atoms with Crippen molar-refractivity contribution in [3.63, 3.8) is 0 Å². The summed E-state index contributed by atoms with van der Waals surface area (Å²) in [6, 6.07) is 8.90. The van der Waals surface area contributed by atoms with Crippen molar-refractivity contribution in [2.45, 2.75) is 17.4 Å². The van der Waals surface area contributed by atoms with Crippen molar-refractivity contribution in [1.82, 2.24) is 4.72 Å². The molecule has 0 aliphatic carbocycles. The summed E-state index contributed by atoms with van der Waals surface area (Å²) in [4.78, 5) is 10.1. The minimum Gasteiger partial charge on any atom is -0.481 e. The van der Waals surface area contributed by atoms with E-state index in [4.69, 9.17) is 5.11 Å².